The zero-order chi connectivity index (χ0) is 25.3. The molecule has 14 heteroatoms. The van der Waals surface area contributed by atoms with E-state index in [4.69, 9.17) is 9.47 Å². The van der Waals surface area contributed by atoms with Gasteiger partial charge in [-0.05, 0) is 43.3 Å². The van der Waals surface area contributed by atoms with Crippen LogP contribution in [-0.4, -0.2) is 58.0 Å². The normalized spacial score (nSPS) is 10.8. The summed E-state index contributed by atoms with van der Waals surface area (Å²) in [4.78, 5) is 45.3. The minimum Gasteiger partial charge on any atom is -0.462 e. The van der Waals surface area contributed by atoms with Crippen LogP contribution in [0.15, 0.2) is 47.4 Å². The molecule has 0 heterocycles. The first-order valence-corrected chi connectivity index (χ1v) is 11.2. The molecule has 0 unspecified atom stereocenters. The summed E-state index contributed by atoms with van der Waals surface area (Å²) < 4.78 is 36.2. The van der Waals surface area contributed by atoms with Crippen molar-refractivity contribution in [2.75, 3.05) is 37.4 Å². The molecule has 34 heavy (non-hydrogen) atoms. The van der Waals surface area contributed by atoms with Gasteiger partial charge in [-0.15, -0.1) is 0 Å². The summed E-state index contributed by atoms with van der Waals surface area (Å²) in [5.74, 6) is -2.25. The second kappa shape index (κ2) is 11.7. The molecule has 0 atom stereocenters. The van der Waals surface area contributed by atoms with Crippen LogP contribution in [-0.2, 0) is 29.1 Å². The van der Waals surface area contributed by atoms with Gasteiger partial charge in [0.25, 0.3) is 11.6 Å². The van der Waals surface area contributed by atoms with Gasteiger partial charge in [0.15, 0.2) is 6.61 Å². The zero-order valence-electron chi connectivity index (χ0n) is 18.2. The van der Waals surface area contributed by atoms with E-state index >= 15 is 0 Å². The Hall–Kier alpha value is -4.04. The number of ether oxygens (including phenoxy) is 2. The first kappa shape index (κ1) is 26.2. The third-order valence-corrected chi connectivity index (χ3v) is 5.60. The Morgan fingerprint density at radius 1 is 1.06 bits per heavy atom. The standard InChI is InChI=1S/C20H22N4O9S/c1-3-32-20(27)13-4-6-14(7-5-13)23-18(25)12-33-19(26)11-22-34(30,31)15-8-9-16(21-2)17(10-15)24(28)29/h4-10,21-22H,3,11-12H2,1-2H3,(H,23,25). The topological polar surface area (TPSA) is 183 Å². The van der Waals surface area contributed by atoms with Crippen molar-refractivity contribution in [3.05, 3.63) is 58.1 Å². The minimum absolute atomic E-state index is 0.116. The van der Waals surface area contributed by atoms with Gasteiger partial charge in [-0.2, -0.15) is 4.72 Å². The summed E-state index contributed by atoms with van der Waals surface area (Å²) in [6, 6.07) is 9.00. The van der Waals surface area contributed by atoms with Crippen LogP contribution in [0.4, 0.5) is 17.1 Å². The third-order valence-electron chi connectivity index (χ3n) is 4.20. The van der Waals surface area contributed by atoms with Gasteiger partial charge in [0, 0.05) is 18.8 Å². The summed E-state index contributed by atoms with van der Waals surface area (Å²) in [5.41, 5.74) is 0.288. The van der Waals surface area contributed by atoms with Crippen LogP contribution in [0, 0.1) is 10.1 Å². The van der Waals surface area contributed by atoms with Crippen molar-refractivity contribution in [1.29, 1.82) is 0 Å². The van der Waals surface area contributed by atoms with Crippen molar-refractivity contribution in [2.45, 2.75) is 11.8 Å². The number of anilines is 2. The molecular formula is C20H22N4O9S. The molecule has 13 nitrogen and oxygen atoms in total. The molecule has 2 aromatic rings. The van der Waals surface area contributed by atoms with Gasteiger partial charge in [0.2, 0.25) is 10.0 Å². The van der Waals surface area contributed by atoms with Crippen LogP contribution < -0.4 is 15.4 Å². The average Bonchev–Trinajstić information content (AvgIpc) is 2.81. The molecule has 0 radical (unpaired) electrons. The highest BCUT2D eigenvalue weighted by Gasteiger charge is 2.22. The number of hydrogen-bond donors (Lipinski definition) is 3. The first-order valence-electron chi connectivity index (χ1n) is 9.76. The van der Waals surface area contributed by atoms with Gasteiger partial charge in [0.1, 0.15) is 12.2 Å². The monoisotopic (exact) mass is 494 g/mol. The van der Waals surface area contributed by atoms with Crippen molar-refractivity contribution in [1.82, 2.24) is 4.72 Å². The summed E-state index contributed by atoms with van der Waals surface area (Å²) >= 11 is 0. The molecule has 0 aliphatic heterocycles. The quantitative estimate of drug-likeness (QED) is 0.234. The smallest absolute Gasteiger partial charge is 0.338 e. The van der Waals surface area contributed by atoms with E-state index in [0.717, 1.165) is 12.1 Å². The van der Waals surface area contributed by atoms with Crippen molar-refractivity contribution in [3.8, 4) is 0 Å². The van der Waals surface area contributed by atoms with Crippen molar-refractivity contribution in [2.24, 2.45) is 0 Å². The average molecular weight is 494 g/mol. The Morgan fingerprint density at radius 3 is 2.32 bits per heavy atom. The lowest BCUT2D eigenvalue weighted by molar-refractivity contribution is -0.384. The van der Waals surface area contributed by atoms with Crippen LogP contribution in [0.1, 0.15) is 17.3 Å². The Bertz CT molecular complexity index is 1180. The summed E-state index contributed by atoms with van der Waals surface area (Å²) in [6.45, 7) is 0.404. The van der Waals surface area contributed by atoms with E-state index in [2.05, 4.69) is 10.6 Å². The number of amides is 1. The molecular weight excluding hydrogens is 472 g/mol. The molecule has 0 aromatic heterocycles. The van der Waals surface area contributed by atoms with Gasteiger partial charge >= 0.3 is 11.9 Å². The van der Waals surface area contributed by atoms with Crippen molar-refractivity contribution < 1.29 is 37.2 Å². The number of hydrogen-bond acceptors (Lipinski definition) is 10. The lowest BCUT2D eigenvalue weighted by Crippen LogP contribution is -2.32. The Morgan fingerprint density at radius 2 is 1.74 bits per heavy atom. The van der Waals surface area contributed by atoms with Gasteiger partial charge in [0.05, 0.1) is 22.0 Å². The van der Waals surface area contributed by atoms with E-state index in [-0.39, 0.29) is 12.3 Å². The number of nitro benzene ring substituents is 1. The molecule has 2 rings (SSSR count). The van der Waals surface area contributed by atoms with Gasteiger partial charge in [-0.3, -0.25) is 19.7 Å². The lowest BCUT2D eigenvalue weighted by Gasteiger charge is -2.09. The van der Waals surface area contributed by atoms with E-state index in [1.807, 2.05) is 4.72 Å². The molecule has 0 aliphatic rings. The van der Waals surface area contributed by atoms with Gasteiger partial charge in [-0.25, -0.2) is 13.2 Å². The van der Waals surface area contributed by atoms with Gasteiger partial charge < -0.3 is 20.1 Å². The summed E-state index contributed by atoms with van der Waals surface area (Å²) in [5, 5.41) is 16.1. The Balaban J connectivity index is 1.87. The number of nitrogens with zero attached hydrogens (tertiary/aromatic N) is 1. The molecule has 0 fully saturated rings. The molecule has 3 N–H and O–H groups in total. The highest BCUT2D eigenvalue weighted by Crippen LogP contribution is 2.26. The first-order chi connectivity index (χ1) is 16.1. The minimum atomic E-state index is -4.26. The van der Waals surface area contributed by atoms with E-state index in [0.29, 0.717) is 11.3 Å². The predicted octanol–water partition coefficient (Wildman–Crippen LogP) is 1.27. The fourth-order valence-corrected chi connectivity index (χ4v) is 3.57. The maximum atomic E-state index is 12.3. The highest BCUT2D eigenvalue weighted by molar-refractivity contribution is 7.89. The second-order valence-electron chi connectivity index (χ2n) is 6.52. The Labute approximate surface area is 194 Å². The zero-order valence-corrected chi connectivity index (χ0v) is 19.0. The summed E-state index contributed by atoms with van der Waals surface area (Å²) in [6.07, 6.45) is 0. The van der Waals surface area contributed by atoms with Crippen LogP contribution in [0.2, 0.25) is 0 Å². The van der Waals surface area contributed by atoms with E-state index in [1.165, 1.54) is 37.4 Å². The molecule has 0 saturated carbocycles. The number of carbonyl (C=O) groups is 3. The number of nitro groups is 1. The number of sulfonamides is 1. The van der Waals surface area contributed by atoms with Gasteiger partial charge in [-0.1, -0.05) is 0 Å². The molecule has 0 aliphatic carbocycles. The molecule has 1 amide bonds. The third kappa shape index (κ3) is 7.25. The van der Waals surface area contributed by atoms with Crippen LogP contribution in [0.5, 0.6) is 0 Å². The number of benzene rings is 2. The second-order valence-corrected chi connectivity index (χ2v) is 8.28. The number of nitrogens with one attached hydrogen (secondary N) is 3. The van der Waals surface area contributed by atoms with E-state index < -0.39 is 56.5 Å². The molecule has 182 valence electrons. The maximum Gasteiger partial charge on any atom is 0.338 e. The van der Waals surface area contributed by atoms with E-state index in [9.17, 15) is 32.9 Å². The highest BCUT2D eigenvalue weighted by atomic mass is 32.2. The van der Waals surface area contributed by atoms with Crippen LogP contribution >= 0.6 is 0 Å². The molecule has 0 spiro atoms. The fourth-order valence-electron chi connectivity index (χ4n) is 2.58. The van der Waals surface area contributed by atoms with Crippen LogP contribution in [0.25, 0.3) is 0 Å². The molecule has 0 bridgehead atoms. The Kier molecular flexibility index (Phi) is 9.03. The number of rotatable bonds is 11. The molecule has 0 saturated heterocycles. The van der Waals surface area contributed by atoms with Crippen molar-refractivity contribution >= 4 is 44.9 Å². The number of esters is 2. The SMILES string of the molecule is CCOC(=O)c1ccc(NC(=O)COC(=O)CNS(=O)(=O)c2ccc(NC)c([N+](=O)[O-])c2)cc1. The fraction of sp³-hybridized carbons (Fsp3) is 0.250. The predicted molar refractivity (Wildman–Crippen MR) is 120 cm³/mol. The number of carbonyl (C=O) groups excluding carboxylic acids is 3. The summed E-state index contributed by atoms with van der Waals surface area (Å²) in [7, 11) is -2.82. The van der Waals surface area contributed by atoms with Crippen molar-refractivity contribution in [3.63, 3.8) is 0 Å². The van der Waals surface area contributed by atoms with Crippen LogP contribution in [0.3, 0.4) is 0 Å². The van der Waals surface area contributed by atoms with E-state index in [1.54, 1.807) is 6.92 Å². The molecule has 2 aromatic carbocycles. The maximum absolute atomic E-state index is 12.3. The lowest BCUT2D eigenvalue weighted by atomic mass is 10.2. The largest absolute Gasteiger partial charge is 0.462 e.